The number of fused-ring (bicyclic) bond motifs is 1. The van der Waals surface area contributed by atoms with Crippen LogP contribution in [0.1, 0.15) is 33.9 Å². The van der Waals surface area contributed by atoms with Crippen molar-refractivity contribution in [2.24, 2.45) is 7.05 Å². The van der Waals surface area contributed by atoms with Crippen molar-refractivity contribution < 1.29 is 4.79 Å². The summed E-state index contributed by atoms with van der Waals surface area (Å²) >= 11 is 1.80. The first kappa shape index (κ1) is 11.5. The lowest BCUT2D eigenvalue weighted by Gasteiger charge is -2.33. The maximum absolute atomic E-state index is 12.5. The van der Waals surface area contributed by atoms with Crippen LogP contribution in [0, 0.1) is 0 Å². The molecular formula is C14H16N2OS. The van der Waals surface area contributed by atoms with Crippen LogP contribution >= 0.6 is 11.3 Å². The summed E-state index contributed by atoms with van der Waals surface area (Å²) < 4.78 is 1.89. The zero-order valence-electron chi connectivity index (χ0n) is 10.6. The molecule has 2 aromatic rings. The number of amides is 1. The van der Waals surface area contributed by atoms with Crippen molar-refractivity contribution in [3.8, 4) is 0 Å². The number of nitrogens with zero attached hydrogens (tertiary/aromatic N) is 2. The average Bonchev–Trinajstić information content (AvgIpc) is 2.97. The maximum Gasteiger partial charge on any atom is 0.270 e. The predicted molar refractivity (Wildman–Crippen MR) is 72.9 cm³/mol. The number of rotatable bonds is 1. The van der Waals surface area contributed by atoms with Crippen molar-refractivity contribution in [2.75, 3.05) is 6.54 Å². The van der Waals surface area contributed by atoms with E-state index >= 15 is 0 Å². The van der Waals surface area contributed by atoms with Gasteiger partial charge < -0.3 is 9.47 Å². The summed E-state index contributed by atoms with van der Waals surface area (Å²) in [5, 5.41) is 2.12. The minimum Gasteiger partial charge on any atom is -0.347 e. The number of aromatic nitrogens is 1. The van der Waals surface area contributed by atoms with E-state index in [9.17, 15) is 4.79 Å². The molecule has 1 atom stereocenters. The van der Waals surface area contributed by atoms with Crippen molar-refractivity contribution in [2.45, 2.75) is 19.4 Å². The van der Waals surface area contributed by atoms with Crippen molar-refractivity contribution >= 4 is 17.2 Å². The van der Waals surface area contributed by atoms with Crippen molar-refractivity contribution in [1.82, 2.24) is 9.47 Å². The Morgan fingerprint density at radius 2 is 2.28 bits per heavy atom. The highest BCUT2D eigenvalue weighted by molar-refractivity contribution is 7.10. The smallest absolute Gasteiger partial charge is 0.270 e. The normalized spacial score (nSPS) is 18.8. The fourth-order valence-corrected chi connectivity index (χ4v) is 3.58. The predicted octanol–water partition coefficient (Wildman–Crippen LogP) is 2.85. The van der Waals surface area contributed by atoms with Gasteiger partial charge in [-0.05, 0) is 42.5 Å². The van der Waals surface area contributed by atoms with E-state index in [2.05, 4.69) is 18.4 Å². The van der Waals surface area contributed by atoms with Gasteiger partial charge in [0.1, 0.15) is 5.69 Å². The van der Waals surface area contributed by atoms with E-state index in [0.29, 0.717) is 0 Å². The van der Waals surface area contributed by atoms with Crippen molar-refractivity contribution in [3.63, 3.8) is 0 Å². The average molecular weight is 260 g/mol. The van der Waals surface area contributed by atoms with Crippen LogP contribution in [0.5, 0.6) is 0 Å². The fourth-order valence-electron chi connectivity index (χ4n) is 2.62. The molecule has 1 aliphatic heterocycles. The molecule has 0 N–H and O–H groups in total. The fraction of sp³-hybridized carbons (Fsp3) is 0.357. The lowest BCUT2D eigenvalue weighted by molar-refractivity contribution is 0.0669. The molecular weight excluding hydrogens is 244 g/mol. The molecule has 0 saturated heterocycles. The highest BCUT2D eigenvalue weighted by atomic mass is 32.1. The summed E-state index contributed by atoms with van der Waals surface area (Å²) in [6.07, 6.45) is 2.89. The summed E-state index contributed by atoms with van der Waals surface area (Å²) in [7, 11) is 1.91. The minimum atomic E-state index is 0.131. The molecule has 4 heteroatoms. The Balaban J connectivity index is 1.91. The van der Waals surface area contributed by atoms with E-state index in [0.717, 1.165) is 18.7 Å². The Hall–Kier alpha value is -1.55. The Morgan fingerprint density at radius 1 is 1.44 bits per heavy atom. The van der Waals surface area contributed by atoms with Crippen LogP contribution in [0.2, 0.25) is 0 Å². The Bertz CT molecular complexity index is 584. The van der Waals surface area contributed by atoms with Crippen molar-refractivity contribution in [3.05, 3.63) is 45.9 Å². The second-order valence-corrected chi connectivity index (χ2v) is 5.73. The van der Waals surface area contributed by atoms with Crippen LogP contribution in [0.4, 0.5) is 0 Å². The summed E-state index contributed by atoms with van der Waals surface area (Å²) in [5.74, 6) is 0.131. The molecule has 0 bridgehead atoms. The lowest BCUT2D eigenvalue weighted by Crippen LogP contribution is -2.39. The van der Waals surface area contributed by atoms with Gasteiger partial charge >= 0.3 is 0 Å². The molecule has 3 rings (SSSR count). The summed E-state index contributed by atoms with van der Waals surface area (Å²) in [6.45, 7) is 2.93. The number of aryl methyl sites for hydroxylation is 1. The molecule has 0 fully saturated rings. The van der Waals surface area contributed by atoms with Crippen LogP contribution in [0.25, 0.3) is 0 Å². The van der Waals surface area contributed by atoms with Gasteiger partial charge in [0, 0.05) is 24.7 Å². The summed E-state index contributed by atoms with van der Waals surface area (Å²) in [5.41, 5.74) is 2.08. The molecule has 0 aromatic carbocycles. The first-order valence-corrected chi connectivity index (χ1v) is 7.05. The maximum atomic E-state index is 12.5. The molecule has 3 heterocycles. The molecule has 18 heavy (non-hydrogen) atoms. The van der Waals surface area contributed by atoms with Gasteiger partial charge in [0.2, 0.25) is 0 Å². The molecule has 0 aliphatic carbocycles. The van der Waals surface area contributed by atoms with Crippen LogP contribution in [-0.4, -0.2) is 21.9 Å². The van der Waals surface area contributed by atoms with Crippen molar-refractivity contribution in [1.29, 1.82) is 0 Å². The highest BCUT2D eigenvalue weighted by Gasteiger charge is 2.29. The number of hydrogen-bond donors (Lipinski definition) is 0. The molecule has 94 valence electrons. The first-order chi connectivity index (χ1) is 8.68. The first-order valence-electron chi connectivity index (χ1n) is 6.17. The van der Waals surface area contributed by atoms with Crippen LogP contribution in [0.3, 0.4) is 0 Å². The van der Waals surface area contributed by atoms with Gasteiger partial charge in [-0.3, -0.25) is 4.79 Å². The standard InChI is InChI=1S/C14H16N2OS/c1-10-11-6-9-18-13(11)5-8-16(10)14(17)12-4-3-7-15(12)2/h3-4,6-7,9-10H,5,8H2,1-2H3. The Labute approximate surface area is 111 Å². The third kappa shape index (κ3) is 1.68. The molecule has 1 aliphatic rings. The van der Waals surface area contributed by atoms with E-state index < -0.39 is 0 Å². The van der Waals surface area contributed by atoms with E-state index in [1.54, 1.807) is 11.3 Å². The van der Waals surface area contributed by atoms with Gasteiger partial charge in [-0.25, -0.2) is 0 Å². The monoisotopic (exact) mass is 260 g/mol. The SMILES string of the molecule is CC1c2ccsc2CCN1C(=O)c1cccn1C. The Morgan fingerprint density at radius 3 is 3.00 bits per heavy atom. The van der Waals surface area contributed by atoms with E-state index in [-0.39, 0.29) is 11.9 Å². The lowest BCUT2D eigenvalue weighted by atomic mass is 10.0. The zero-order valence-corrected chi connectivity index (χ0v) is 11.4. The quantitative estimate of drug-likeness (QED) is 0.774. The van der Waals surface area contributed by atoms with Gasteiger partial charge in [-0.15, -0.1) is 11.3 Å². The zero-order chi connectivity index (χ0) is 12.7. The molecule has 3 nitrogen and oxygen atoms in total. The minimum absolute atomic E-state index is 0.131. The Kier molecular flexibility index (Phi) is 2.74. The molecule has 0 spiro atoms. The molecule has 0 radical (unpaired) electrons. The second-order valence-electron chi connectivity index (χ2n) is 4.73. The van der Waals surface area contributed by atoms with E-state index in [1.165, 1.54) is 10.4 Å². The third-order valence-corrected chi connectivity index (χ3v) is 4.70. The van der Waals surface area contributed by atoms with Gasteiger partial charge in [0.25, 0.3) is 5.91 Å². The number of carbonyl (C=O) groups excluding carboxylic acids is 1. The number of hydrogen-bond acceptors (Lipinski definition) is 2. The van der Waals surface area contributed by atoms with Gasteiger partial charge in [-0.1, -0.05) is 0 Å². The van der Waals surface area contributed by atoms with E-state index in [4.69, 9.17) is 0 Å². The van der Waals surface area contributed by atoms with Crippen LogP contribution < -0.4 is 0 Å². The van der Waals surface area contributed by atoms with Gasteiger partial charge in [0.15, 0.2) is 0 Å². The van der Waals surface area contributed by atoms with Gasteiger partial charge in [0.05, 0.1) is 6.04 Å². The summed E-state index contributed by atoms with van der Waals surface area (Å²) in [4.78, 5) is 15.9. The topological polar surface area (TPSA) is 25.2 Å². The van der Waals surface area contributed by atoms with Crippen LogP contribution in [0.15, 0.2) is 29.8 Å². The summed E-state index contributed by atoms with van der Waals surface area (Å²) in [6, 6.07) is 6.13. The molecule has 1 amide bonds. The third-order valence-electron chi connectivity index (χ3n) is 3.70. The van der Waals surface area contributed by atoms with Gasteiger partial charge in [-0.2, -0.15) is 0 Å². The number of carbonyl (C=O) groups is 1. The molecule has 0 saturated carbocycles. The largest absolute Gasteiger partial charge is 0.347 e. The van der Waals surface area contributed by atoms with Crippen LogP contribution in [-0.2, 0) is 13.5 Å². The second kappa shape index (κ2) is 4.28. The number of thiophene rings is 1. The molecule has 1 unspecified atom stereocenters. The van der Waals surface area contributed by atoms with E-state index in [1.807, 2.05) is 34.8 Å². The highest BCUT2D eigenvalue weighted by Crippen LogP contribution is 2.33. The molecule has 2 aromatic heterocycles.